The molecule has 2 nitrogen and oxygen atoms in total. The van der Waals surface area contributed by atoms with Crippen molar-refractivity contribution < 1.29 is 9.53 Å². The van der Waals surface area contributed by atoms with Gasteiger partial charge in [-0.15, -0.1) is 0 Å². The van der Waals surface area contributed by atoms with Gasteiger partial charge in [-0.1, -0.05) is 33.5 Å². The first-order chi connectivity index (χ1) is 5.87. The summed E-state index contributed by atoms with van der Waals surface area (Å²) >= 11 is 0. The Bertz CT molecular complexity index is 161. The lowest BCUT2D eigenvalue weighted by Crippen LogP contribution is -2.24. The summed E-state index contributed by atoms with van der Waals surface area (Å²) in [5.41, 5.74) is 0. The molecule has 0 amide bonds. The van der Waals surface area contributed by atoms with Crippen LogP contribution >= 0.6 is 0 Å². The quantitative estimate of drug-likeness (QED) is 0.506. The Labute approximate surface area is 82.7 Å². The van der Waals surface area contributed by atoms with Crippen LogP contribution in [-0.2, 0) is 9.53 Å². The van der Waals surface area contributed by atoms with Crippen LogP contribution in [0.4, 0.5) is 0 Å². The molecule has 0 rings (SSSR count). The largest absolute Gasteiger partial charge is 0.466 e. The Morgan fingerprint density at radius 2 is 1.92 bits per heavy atom. The first-order valence-electron chi connectivity index (χ1n) is 5.03. The molecule has 0 bridgehead atoms. The van der Waals surface area contributed by atoms with Gasteiger partial charge < -0.3 is 4.74 Å². The van der Waals surface area contributed by atoms with Crippen LogP contribution in [0.25, 0.3) is 0 Å². The van der Waals surface area contributed by atoms with Crippen LogP contribution in [0.2, 0.25) is 25.7 Å². The van der Waals surface area contributed by atoms with E-state index < -0.39 is 8.07 Å². The zero-order valence-electron chi connectivity index (χ0n) is 9.52. The normalized spacial score (nSPS) is 13.9. The number of carbonyl (C=O) groups is 1. The molecule has 0 fully saturated rings. The fraction of sp³-hybridized carbons (Fsp3) is 0.900. The van der Waals surface area contributed by atoms with Gasteiger partial charge in [-0.25, -0.2) is 0 Å². The number of carbonyl (C=O) groups excluding carboxylic acids is 1. The summed E-state index contributed by atoms with van der Waals surface area (Å²) in [4.78, 5) is 11.3. The summed E-state index contributed by atoms with van der Waals surface area (Å²) in [5.74, 6) is 0.0161. The highest BCUT2D eigenvalue weighted by atomic mass is 28.3. The van der Waals surface area contributed by atoms with Crippen molar-refractivity contribution in [2.75, 3.05) is 6.61 Å². The van der Waals surface area contributed by atoms with Crippen molar-refractivity contribution in [1.82, 2.24) is 0 Å². The van der Waals surface area contributed by atoms with Crippen molar-refractivity contribution in [2.45, 2.75) is 46.0 Å². The summed E-state index contributed by atoms with van der Waals surface area (Å²) in [6.45, 7) is 11.4. The van der Waals surface area contributed by atoms with E-state index in [0.717, 1.165) is 12.5 Å². The maximum Gasteiger partial charge on any atom is 0.308 e. The van der Waals surface area contributed by atoms with Crippen LogP contribution in [0.1, 0.15) is 20.3 Å². The summed E-state index contributed by atoms with van der Waals surface area (Å²) < 4.78 is 5.17. The first-order valence-corrected chi connectivity index (χ1v) is 8.74. The third kappa shape index (κ3) is 6.81. The van der Waals surface area contributed by atoms with Crippen LogP contribution in [0.15, 0.2) is 0 Å². The van der Waals surface area contributed by atoms with Gasteiger partial charge in [0.1, 0.15) is 0 Å². The van der Waals surface area contributed by atoms with E-state index in [1.54, 1.807) is 0 Å². The van der Waals surface area contributed by atoms with E-state index in [2.05, 4.69) is 19.6 Å². The molecule has 1 atom stereocenters. The lowest BCUT2D eigenvalue weighted by atomic mass is 10.1. The smallest absolute Gasteiger partial charge is 0.308 e. The molecule has 0 aliphatic carbocycles. The summed E-state index contributed by atoms with van der Waals surface area (Å²) in [6.07, 6.45) is 0.867. The Hall–Kier alpha value is -0.313. The second kappa shape index (κ2) is 5.42. The van der Waals surface area contributed by atoms with Gasteiger partial charge in [0.05, 0.1) is 12.5 Å². The molecule has 0 aliphatic rings. The predicted molar refractivity (Wildman–Crippen MR) is 58.6 cm³/mol. The highest BCUT2D eigenvalue weighted by Crippen LogP contribution is 2.09. The molecular formula is C10H22O2Si. The lowest BCUT2D eigenvalue weighted by molar-refractivity contribution is -0.147. The van der Waals surface area contributed by atoms with Gasteiger partial charge in [0.25, 0.3) is 0 Å². The van der Waals surface area contributed by atoms with Gasteiger partial charge in [-0.05, 0) is 12.5 Å². The Morgan fingerprint density at radius 1 is 1.38 bits per heavy atom. The number of hydrogen-bond donors (Lipinski definition) is 0. The monoisotopic (exact) mass is 202 g/mol. The van der Waals surface area contributed by atoms with Crippen LogP contribution < -0.4 is 0 Å². The fourth-order valence-electron chi connectivity index (χ4n) is 0.767. The van der Waals surface area contributed by atoms with Gasteiger partial charge in [-0.3, -0.25) is 4.79 Å². The maximum atomic E-state index is 11.3. The van der Waals surface area contributed by atoms with E-state index in [0.29, 0.717) is 6.61 Å². The molecule has 0 N–H and O–H groups in total. The molecule has 0 heterocycles. The maximum absolute atomic E-state index is 11.3. The molecule has 0 aromatic rings. The topological polar surface area (TPSA) is 26.3 Å². The average Bonchev–Trinajstić information content (AvgIpc) is 2.00. The molecule has 0 aromatic heterocycles. The first kappa shape index (κ1) is 12.7. The van der Waals surface area contributed by atoms with Crippen molar-refractivity contribution in [3.05, 3.63) is 0 Å². The summed E-state index contributed by atoms with van der Waals surface area (Å²) in [5, 5.41) is 0. The molecule has 0 saturated carbocycles. The minimum atomic E-state index is -1.05. The third-order valence-electron chi connectivity index (χ3n) is 2.11. The Balaban J connectivity index is 3.60. The highest BCUT2D eigenvalue weighted by Gasteiger charge is 2.16. The van der Waals surface area contributed by atoms with Crippen LogP contribution in [0.3, 0.4) is 0 Å². The molecule has 0 aliphatic heterocycles. The molecular weight excluding hydrogens is 180 g/mol. The predicted octanol–water partition coefficient (Wildman–Crippen LogP) is 2.91. The SMILES string of the molecule is CCC(C)C(=O)OCC[Si](C)(C)C. The Kier molecular flexibility index (Phi) is 5.29. The molecule has 0 saturated heterocycles. The van der Waals surface area contributed by atoms with Crippen molar-refractivity contribution >= 4 is 14.0 Å². The lowest BCUT2D eigenvalue weighted by Gasteiger charge is -2.16. The van der Waals surface area contributed by atoms with E-state index in [-0.39, 0.29) is 11.9 Å². The van der Waals surface area contributed by atoms with E-state index in [1.807, 2.05) is 13.8 Å². The van der Waals surface area contributed by atoms with Crippen LogP contribution in [-0.4, -0.2) is 20.7 Å². The van der Waals surface area contributed by atoms with Crippen molar-refractivity contribution in [1.29, 1.82) is 0 Å². The summed E-state index contributed by atoms with van der Waals surface area (Å²) in [6, 6.07) is 1.06. The molecule has 13 heavy (non-hydrogen) atoms. The summed E-state index contributed by atoms with van der Waals surface area (Å²) in [7, 11) is -1.05. The molecule has 0 aromatic carbocycles. The minimum absolute atomic E-state index is 0.0410. The van der Waals surface area contributed by atoms with Gasteiger partial charge >= 0.3 is 5.97 Å². The standard InChI is InChI=1S/C10H22O2Si/c1-6-9(2)10(11)12-7-8-13(3,4)5/h9H,6-8H2,1-5H3. The van der Waals surface area contributed by atoms with E-state index in [1.165, 1.54) is 0 Å². The van der Waals surface area contributed by atoms with Crippen molar-refractivity contribution in [3.63, 3.8) is 0 Å². The average molecular weight is 202 g/mol. The number of esters is 1. The van der Waals surface area contributed by atoms with Crippen molar-refractivity contribution in [3.8, 4) is 0 Å². The molecule has 3 heteroatoms. The number of ether oxygens (including phenoxy) is 1. The highest BCUT2D eigenvalue weighted by molar-refractivity contribution is 6.76. The Morgan fingerprint density at radius 3 is 2.31 bits per heavy atom. The van der Waals surface area contributed by atoms with E-state index >= 15 is 0 Å². The minimum Gasteiger partial charge on any atom is -0.466 e. The van der Waals surface area contributed by atoms with Gasteiger partial charge in [0, 0.05) is 8.07 Å². The van der Waals surface area contributed by atoms with Crippen molar-refractivity contribution in [2.24, 2.45) is 5.92 Å². The van der Waals surface area contributed by atoms with Gasteiger partial charge in [0.2, 0.25) is 0 Å². The second-order valence-corrected chi connectivity index (χ2v) is 10.4. The molecule has 1 unspecified atom stereocenters. The van der Waals surface area contributed by atoms with E-state index in [9.17, 15) is 4.79 Å². The number of rotatable bonds is 5. The van der Waals surface area contributed by atoms with Gasteiger partial charge in [0.15, 0.2) is 0 Å². The zero-order valence-corrected chi connectivity index (χ0v) is 10.5. The molecule has 0 radical (unpaired) electrons. The molecule has 0 spiro atoms. The zero-order chi connectivity index (χ0) is 10.5. The number of hydrogen-bond acceptors (Lipinski definition) is 2. The molecule has 78 valence electrons. The second-order valence-electron chi connectivity index (χ2n) is 4.79. The fourth-order valence-corrected chi connectivity index (χ4v) is 1.48. The van der Waals surface area contributed by atoms with Crippen LogP contribution in [0.5, 0.6) is 0 Å². The van der Waals surface area contributed by atoms with E-state index in [4.69, 9.17) is 4.74 Å². The third-order valence-corrected chi connectivity index (χ3v) is 3.82. The van der Waals surface area contributed by atoms with Crippen LogP contribution in [0, 0.1) is 5.92 Å². The van der Waals surface area contributed by atoms with Gasteiger partial charge in [-0.2, -0.15) is 0 Å².